The molecule has 0 bridgehead atoms. The molecule has 5 rings (SSSR count). The number of nitrogens with one attached hydrogen (secondary N) is 2. The van der Waals surface area contributed by atoms with Crippen molar-refractivity contribution in [2.45, 2.75) is 44.3 Å². The molecule has 1 aliphatic carbocycles. The number of hydrogen-bond donors (Lipinski definition) is 2. The maximum absolute atomic E-state index is 5.27. The summed E-state index contributed by atoms with van der Waals surface area (Å²) in [5, 5.41) is 4.90. The van der Waals surface area contributed by atoms with E-state index in [0.29, 0.717) is 18.1 Å². The fourth-order valence-electron chi connectivity index (χ4n) is 4.16. The summed E-state index contributed by atoms with van der Waals surface area (Å²) in [5.74, 6) is 1.09. The minimum atomic E-state index is 0.513. The maximum Gasteiger partial charge on any atom is 0.139 e. The molecule has 3 aromatic rings. The topological polar surface area (TPSA) is 67.8 Å². The van der Waals surface area contributed by atoms with Crippen LogP contribution in [0.1, 0.15) is 31.1 Å². The van der Waals surface area contributed by atoms with Gasteiger partial charge in [0.1, 0.15) is 17.0 Å². The molecular formula is C17H21N5O. The van der Waals surface area contributed by atoms with Gasteiger partial charge in [-0.3, -0.25) is 0 Å². The molecule has 2 aliphatic rings. The van der Waals surface area contributed by atoms with Crippen molar-refractivity contribution < 1.29 is 4.74 Å². The first-order valence-corrected chi connectivity index (χ1v) is 8.44. The first-order chi connectivity index (χ1) is 11.3. The molecule has 1 saturated heterocycles. The fraction of sp³-hybridized carbons (Fsp3) is 0.529. The van der Waals surface area contributed by atoms with Crippen molar-refractivity contribution in [1.29, 1.82) is 0 Å². The number of H-pyrrole nitrogens is 1. The van der Waals surface area contributed by atoms with Crippen LogP contribution in [0, 0.1) is 6.92 Å². The molecule has 0 spiro atoms. The van der Waals surface area contributed by atoms with Crippen LogP contribution >= 0.6 is 0 Å². The average molecular weight is 311 g/mol. The van der Waals surface area contributed by atoms with E-state index in [4.69, 9.17) is 9.72 Å². The summed E-state index contributed by atoms with van der Waals surface area (Å²) in [7, 11) is 0. The molecule has 23 heavy (non-hydrogen) atoms. The molecule has 0 amide bonds. The Labute approximate surface area is 134 Å². The second-order valence-electron chi connectivity index (χ2n) is 6.83. The Balaban J connectivity index is 1.52. The number of fused-ring (bicyclic) bond motifs is 3. The van der Waals surface area contributed by atoms with E-state index in [0.717, 1.165) is 36.6 Å². The van der Waals surface area contributed by atoms with Crippen molar-refractivity contribution in [3.63, 3.8) is 0 Å². The van der Waals surface area contributed by atoms with E-state index in [9.17, 15) is 0 Å². The largest absolute Gasteiger partial charge is 0.378 e. The summed E-state index contributed by atoms with van der Waals surface area (Å²) in [6.45, 7) is 3.84. The third kappa shape index (κ3) is 2.09. The molecule has 0 radical (unpaired) electrons. The Morgan fingerprint density at radius 2 is 2.22 bits per heavy atom. The van der Waals surface area contributed by atoms with Gasteiger partial charge in [0.25, 0.3) is 0 Å². The van der Waals surface area contributed by atoms with E-state index in [2.05, 4.69) is 32.8 Å². The minimum absolute atomic E-state index is 0.513. The molecule has 1 aliphatic heterocycles. The van der Waals surface area contributed by atoms with Gasteiger partial charge in [-0.05, 0) is 32.3 Å². The Morgan fingerprint density at radius 3 is 3.04 bits per heavy atom. The van der Waals surface area contributed by atoms with E-state index in [1.807, 2.05) is 12.4 Å². The van der Waals surface area contributed by atoms with Crippen molar-refractivity contribution in [3.05, 3.63) is 24.3 Å². The molecule has 2 atom stereocenters. The van der Waals surface area contributed by atoms with Crippen LogP contribution in [0.25, 0.3) is 22.1 Å². The number of ether oxygens (including phenoxy) is 1. The SMILES string of the molecule is Cc1nc2cnc3[nH]ccc3c2n1C1CCC(NC2COC2)C1. The number of aromatic amines is 1. The molecule has 6 heteroatoms. The highest BCUT2D eigenvalue weighted by molar-refractivity contribution is 6.01. The molecule has 2 unspecified atom stereocenters. The van der Waals surface area contributed by atoms with Gasteiger partial charge in [-0.25, -0.2) is 9.97 Å². The van der Waals surface area contributed by atoms with Crippen LogP contribution in [0.3, 0.4) is 0 Å². The summed E-state index contributed by atoms with van der Waals surface area (Å²) in [6, 6.07) is 3.77. The van der Waals surface area contributed by atoms with Gasteiger partial charge in [-0.1, -0.05) is 0 Å². The summed E-state index contributed by atoms with van der Waals surface area (Å²) in [4.78, 5) is 12.4. The predicted octanol–water partition coefficient (Wildman–Crippen LogP) is 2.30. The average Bonchev–Trinajstić information content (AvgIpc) is 3.19. The van der Waals surface area contributed by atoms with Gasteiger partial charge in [0.05, 0.1) is 31.0 Å². The quantitative estimate of drug-likeness (QED) is 0.779. The van der Waals surface area contributed by atoms with Crippen molar-refractivity contribution in [3.8, 4) is 0 Å². The van der Waals surface area contributed by atoms with Crippen LogP contribution in [-0.2, 0) is 4.74 Å². The molecule has 3 aromatic heterocycles. The van der Waals surface area contributed by atoms with Gasteiger partial charge >= 0.3 is 0 Å². The number of nitrogens with zero attached hydrogens (tertiary/aromatic N) is 3. The predicted molar refractivity (Wildman–Crippen MR) is 88.5 cm³/mol. The van der Waals surface area contributed by atoms with Gasteiger partial charge in [-0.15, -0.1) is 0 Å². The second kappa shape index (κ2) is 5.04. The summed E-state index contributed by atoms with van der Waals surface area (Å²) < 4.78 is 7.71. The van der Waals surface area contributed by atoms with E-state index >= 15 is 0 Å². The zero-order chi connectivity index (χ0) is 15.4. The molecule has 6 nitrogen and oxygen atoms in total. The summed E-state index contributed by atoms with van der Waals surface area (Å²) >= 11 is 0. The van der Waals surface area contributed by atoms with Gasteiger partial charge in [0.2, 0.25) is 0 Å². The van der Waals surface area contributed by atoms with E-state index in [-0.39, 0.29) is 0 Å². The second-order valence-corrected chi connectivity index (χ2v) is 6.83. The van der Waals surface area contributed by atoms with Crippen LogP contribution in [-0.4, -0.2) is 44.8 Å². The van der Waals surface area contributed by atoms with E-state index in [1.165, 1.54) is 23.7 Å². The molecule has 120 valence electrons. The molecule has 2 N–H and O–H groups in total. The first-order valence-electron chi connectivity index (χ1n) is 8.44. The Kier molecular flexibility index (Phi) is 2.96. The van der Waals surface area contributed by atoms with Crippen LogP contribution in [0.2, 0.25) is 0 Å². The number of aromatic nitrogens is 4. The highest BCUT2D eigenvalue weighted by Crippen LogP contribution is 2.36. The lowest BCUT2D eigenvalue weighted by atomic mass is 10.1. The normalized spacial score (nSPS) is 25.4. The van der Waals surface area contributed by atoms with Crippen molar-refractivity contribution in [2.75, 3.05) is 13.2 Å². The van der Waals surface area contributed by atoms with Crippen LogP contribution in [0.15, 0.2) is 18.5 Å². The first kappa shape index (κ1) is 13.5. The number of hydrogen-bond acceptors (Lipinski definition) is 4. The highest BCUT2D eigenvalue weighted by Gasteiger charge is 2.31. The van der Waals surface area contributed by atoms with E-state index < -0.39 is 0 Å². The van der Waals surface area contributed by atoms with Crippen molar-refractivity contribution in [1.82, 2.24) is 24.8 Å². The third-order valence-corrected chi connectivity index (χ3v) is 5.29. The number of pyridine rings is 1. The Bertz CT molecular complexity index is 862. The number of imidazole rings is 1. The van der Waals surface area contributed by atoms with E-state index in [1.54, 1.807) is 0 Å². The van der Waals surface area contributed by atoms with Gasteiger partial charge in [-0.2, -0.15) is 0 Å². The highest BCUT2D eigenvalue weighted by atomic mass is 16.5. The van der Waals surface area contributed by atoms with Gasteiger partial charge in [0.15, 0.2) is 0 Å². The van der Waals surface area contributed by atoms with Gasteiger partial charge < -0.3 is 19.6 Å². The molecule has 1 saturated carbocycles. The zero-order valence-corrected chi connectivity index (χ0v) is 13.2. The number of aryl methyl sites for hydroxylation is 1. The lowest BCUT2D eigenvalue weighted by Crippen LogP contribution is -2.49. The molecular weight excluding hydrogens is 290 g/mol. The lowest BCUT2D eigenvalue weighted by Gasteiger charge is -2.30. The standard InChI is InChI=1S/C17H21N5O/c1-10-20-15-7-19-17-14(4-5-18-17)16(15)22(10)13-3-2-11(6-13)21-12-8-23-9-12/h4-5,7,11-13,21H,2-3,6,8-9H2,1H3,(H,18,19). The minimum Gasteiger partial charge on any atom is -0.378 e. The zero-order valence-electron chi connectivity index (χ0n) is 13.2. The fourth-order valence-corrected chi connectivity index (χ4v) is 4.16. The maximum atomic E-state index is 5.27. The smallest absolute Gasteiger partial charge is 0.139 e. The monoisotopic (exact) mass is 311 g/mol. The third-order valence-electron chi connectivity index (χ3n) is 5.29. The Morgan fingerprint density at radius 1 is 1.30 bits per heavy atom. The molecule has 0 aromatic carbocycles. The van der Waals surface area contributed by atoms with Crippen molar-refractivity contribution in [2.24, 2.45) is 0 Å². The number of rotatable bonds is 3. The molecule has 2 fully saturated rings. The molecule has 4 heterocycles. The lowest BCUT2D eigenvalue weighted by molar-refractivity contribution is -0.00979. The van der Waals surface area contributed by atoms with Crippen LogP contribution in [0.5, 0.6) is 0 Å². The van der Waals surface area contributed by atoms with Crippen LogP contribution < -0.4 is 5.32 Å². The summed E-state index contributed by atoms with van der Waals surface area (Å²) in [6.07, 6.45) is 7.43. The van der Waals surface area contributed by atoms with Crippen LogP contribution in [0.4, 0.5) is 0 Å². The Hall–Kier alpha value is -1.92. The van der Waals surface area contributed by atoms with Gasteiger partial charge in [0, 0.05) is 23.7 Å². The van der Waals surface area contributed by atoms with Crippen molar-refractivity contribution >= 4 is 22.1 Å². The summed E-state index contributed by atoms with van der Waals surface area (Å²) in [5.41, 5.74) is 3.17.